The molecule has 4 heteroatoms. The van der Waals surface area contributed by atoms with Gasteiger partial charge in [-0.1, -0.05) is 26.8 Å². The highest BCUT2D eigenvalue weighted by Gasteiger charge is 2.22. The lowest BCUT2D eigenvalue weighted by atomic mass is 9.93. The summed E-state index contributed by atoms with van der Waals surface area (Å²) in [4.78, 5) is 7.10. The van der Waals surface area contributed by atoms with Crippen molar-refractivity contribution in [3.63, 3.8) is 0 Å². The average Bonchev–Trinajstić information content (AvgIpc) is 3.07. The molecule has 1 aliphatic heterocycles. The van der Waals surface area contributed by atoms with Crippen molar-refractivity contribution in [1.29, 1.82) is 0 Å². The van der Waals surface area contributed by atoms with E-state index in [1.165, 1.54) is 35.5 Å². The fraction of sp³-hybridized carbons (Fsp3) is 0.579. The van der Waals surface area contributed by atoms with Crippen LogP contribution in [-0.2, 0) is 13.0 Å². The van der Waals surface area contributed by atoms with E-state index in [1.807, 2.05) is 6.20 Å². The zero-order valence-electron chi connectivity index (χ0n) is 14.5. The third kappa shape index (κ3) is 3.99. The van der Waals surface area contributed by atoms with Gasteiger partial charge in [0.15, 0.2) is 0 Å². The maximum Gasteiger partial charge on any atom is 0.0650 e. The van der Waals surface area contributed by atoms with Crippen LogP contribution in [0.4, 0.5) is 0 Å². The predicted octanol–water partition coefficient (Wildman–Crippen LogP) is 3.87. The van der Waals surface area contributed by atoms with Gasteiger partial charge in [0, 0.05) is 24.4 Å². The summed E-state index contributed by atoms with van der Waals surface area (Å²) in [5.74, 6) is 1.12. The molecular formula is C19H28N4. The molecule has 0 amide bonds. The first-order valence-electron chi connectivity index (χ1n) is 8.87. The number of rotatable bonds is 5. The molecule has 4 nitrogen and oxygen atoms in total. The number of aromatic amines is 1. The minimum atomic E-state index is 0.497. The maximum atomic E-state index is 4.59. The van der Waals surface area contributed by atoms with Crippen molar-refractivity contribution in [3.05, 3.63) is 47.0 Å². The number of likely N-dealkylation sites (tertiary alicyclic amines) is 1. The molecule has 1 aliphatic rings. The monoisotopic (exact) mass is 312 g/mol. The Morgan fingerprint density at radius 2 is 2.04 bits per heavy atom. The van der Waals surface area contributed by atoms with Crippen LogP contribution in [0.25, 0.3) is 0 Å². The van der Waals surface area contributed by atoms with Crippen LogP contribution in [0.3, 0.4) is 0 Å². The second-order valence-electron chi connectivity index (χ2n) is 6.96. The van der Waals surface area contributed by atoms with E-state index in [-0.39, 0.29) is 0 Å². The third-order valence-corrected chi connectivity index (χ3v) is 4.92. The van der Waals surface area contributed by atoms with Crippen molar-refractivity contribution in [1.82, 2.24) is 20.1 Å². The van der Waals surface area contributed by atoms with E-state index < -0.39 is 0 Å². The largest absolute Gasteiger partial charge is 0.297 e. The van der Waals surface area contributed by atoms with Crippen LogP contribution in [0.2, 0.25) is 0 Å². The van der Waals surface area contributed by atoms with Gasteiger partial charge in [-0.25, -0.2) is 0 Å². The number of pyridine rings is 1. The standard InChI is InChI=1S/C19H28N4/c1-4-15-5-6-17(20-12-15)13-23-9-7-16(8-10-23)19-11-18(14(2)3)21-22-19/h5-6,11-12,14,16H,4,7-10,13H2,1-3H3,(H,21,22). The van der Waals surface area contributed by atoms with Gasteiger partial charge >= 0.3 is 0 Å². The molecule has 0 atom stereocenters. The van der Waals surface area contributed by atoms with Crippen molar-refractivity contribution < 1.29 is 0 Å². The molecule has 0 aromatic carbocycles. The number of aromatic nitrogens is 3. The van der Waals surface area contributed by atoms with E-state index in [1.54, 1.807) is 0 Å². The fourth-order valence-corrected chi connectivity index (χ4v) is 3.25. The van der Waals surface area contributed by atoms with E-state index in [4.69, 9.17) is 0 Å². The Morgan fingerprint density at radius 1 is 1.26 bits per heavy atom. The van der Waals surface area contributed by atoms with Gasteiger partial charge in [-0.3, -0.25) is 15.0 Å². The Kier molecular flexibility index (Phi) is 5.11. The number of H-pyrrole nitrogens is 1. The minimum Gasteiger partial charge on any atom is -0.297 e. The minimum absolute atomic E-state index is 0.497. The molecule has 0 spiro atoms. The SMILES string of the molecule is CCc1ccc(CN2CCC(c3cc(C(C)C)n[nH]3)CC2)nc1. The van der Waals surface area contributed by atoms with Gasteiger partial charge in [-0.2, -0.15) is 5.10 Å². The molecule has 0 radical (unpaired) electrons. The van der Waals surface area contributed by atoms with Crippen molar-refractivity contribution >= 4 is 0 Å². The van der Waals surface area contributed by atoms with Gasteiger partial charge in [0.1, 0.15) is 0 Å². The Morgan fingerprint density at radius 3 is 2.61 bits per heavy atom. The molecule has 0 saturated carbocycles. The van der Waals surface area contributed by atoms with E-state index in [9.17, 15) is 0 Å². The Bertz CT molecular complexity index is 607. The summed E-state index contributed by atoms with van der Waals surface area (Å²) in [6.45, 7) is 9.80. The van der Waals surface area contributed by atoms with Gasteiger partial charge in [-0.05, 0) is 56.0 Å². The quantitative estimate of drug-likeness (QED) is 0.911. The van der Waals surface area contributed by atoms with Crippen LogP contribution in [0.15, 0.2) is 24.4 Å². The second-order valence-corrected chi connectivity index (χ2v) is 6.96. The molecule has 2 aromatic heterocycles. The Hall–Kier alpha value is -1.68. The van der Waals surface area contributed by atoms with Crippen LogP contribution in [-0.4, -0.2) is 33.2 Å². The van der Waals surface area contributed by atoms with Crippen molar-refractivity contribution in [2.24, 2.45) is 0 Å². The molecule has 1 N–H and O–H groups in total. The number of aryl methyl sites for hydroxylation is 1. The molecule has 23 heavy (non-hydrogen) atoms. The number of hydrogen-bond acceptors (Lipinski definition) is 3. The molecule has 0 aliphatic carbocycles. The zero-order valence-corrected chi connectivity index (χ0v) is 14.5. The van der Waals surface area contributed by atoms with Crippen molar-refractivity contribution in [2.75, 3.05) is 13.1 Å². The molecule has 0 bridgehead atoms. The van der Waals surface area contributed by atoms with E-state index >= 15 is 0 Å². The molecular weight excluding hydrogens is 284 g/mol. The molecule has 1 fully saturated rings. The van der Waals surface area contributed by atoms with Crippen LogP contribution >= 0.6 is 0 Å². The molecule has 2 aromatic rings. The smallest absolute Gasteiger partial charge is 0.0650 e. The molecule has 124 valence electrons. The van der Waals surface area contributed by atoms with Gasteiger partial charge < -0.3 is 0 Å². The van der Waals surface area contributed by atoms with Crippen molar-refractivity contribution in [2.45, 2.75) is 58.4 Å². The van der Waals surface area contributed by atoms with Crippen LogP contribution < -0.4 is 0 Å². The highest BCUT2D eigenvalue weighted by molar-refractivity contribution is 5.17. The lowest BCUT2D eigenvalue weighted by Gasteiger charge is -2.31. The van der Waals surface area contributed by atoms with Crippen LogP contribution in [0, 0.1) is 0 Å². The number of piperidine rings is 1. The number of hydrogen-bond donors (Lipinski definition) is 1. The summed E-state index contributed by atoms with van der Waals surface area (Å²) in [6, 6.07) is 6.64. The summed E-state index contributed by atoms with van der Waals surface area (Å²) < 4.78 is 0. The summed E-state index contributed by atoms with van der Waals surface area (Å²) >= 11 is 0. The zero-order chi connectivity index (χ0) is 16.2. The summed E-state index contributed by atoms with van der Waals surface area (Å²) in [5, 5.41) is 7.70. The lowest BCUT2D eigenvalue weighted by Crippen LogP contribution is -2.32. The topological polar surface area (TPSA) is 44.8 Å². The van der Waals surface area contributed by atoms with Gasteiger partial charge in [0.2, 0.25) is 0 Å². The molecule has 0 unspecified atom stereocenters. The van der Waals surface area contributed by atoms with Crippen LogP contribution in [0.5, 0.6) is 0 Å². The van der Waals surface area contributed by atoms with Crippen molar-refractivity contribution in [3.8, 4) is 0 Å². The average molecular weight is 312 g/mol. The van der Waals surface area contributed by atoms with Crippen LogP contribution in [0.1, 0.15) is 68.1 Å². The van der Waals surface area contributed by atoms with Gasteiger partial charge in [0.25, 0.3) is 0 Å². The first kappa shape index (κ1) is 16.2. The Balaban J connectivity index is 1.53. The molecule has 3 rings (SSSR count). The Labute approximate surface area is 139 Å². The highest BCUT2D eigenvalue weighted by Crippen LogP contribution is 2.28. The fourth-order valence-electron chi connectivity index (χ4n) is 3.25. The van der Waals surface area contributed by atoms with E-state index in [0.717, 1.165) is 26.1 Å². The summed E-state index contributed by atoms with van der Waals surface area (Å²) in [7, 11) is 0. The summed E-state index contributed by atoms with van der Waals surface area (Å²) in [5.41, 5.74) is 5.00. The van der Waals surface area contributed by atoms with E-state index in [0.29, 0.717) is 11.8 Å². The molecule has 1 saturated heterocycles. The number of nitrogens with zero attached hydrogens (tertiary/aromatic N) is 3. The first-order chi connectivity index (χ1) is 11.2. The highest BCUT2D eigenvalue weighted by atomic mass is 15.1. The third-order valence-electron chi connectivity index (χ3n) is 4.92. The summed E-state index contributed by atoms with van der Waals surface area (Å²) in [6.07, 6.45) is 5.47. The van der Waals surface area contributed by atoms with Gasteiger partial charge in [0.05, 0.1) is 11.4 Å². The first-order valence-corrected chi connectivity index (χ1v) is 8.87. The number of nitrogens with one attached hydrogen (secondary N) is 1. The van der Waals surface area contributed by atoms with E-state index in [2.05, 4.69) is 59.1 Å². The molecule has 3 heterocycles. The maximum absolute atomic E-state index is 4.59. The second kappa shape index (κ2) is 7.26. The lowest BCUT2D eigenvalue weighted by molar-refractivity contribution is 0.201. The predicted molar refractivity (Wildman–Crippen MR) is 93.5 cm³/mol. The normalized spacial score (nSPS) is 17.0. The van der Waals surface area contributed by atoms with Gasteiger partial charge in [-0.15, -0.1) is 0 Å².